The van der Waals surface area contributed by atoms with Crippen molar-refractivity contribution < 1.29 is 4.79 Å². The second-order valence-electron chi connectivity index (χ2n) is 6.02. The van der Waals surface area contributed by atoms with E-state index in [1.165, 1.54) is 0 Å². The number of nitrogens with one attached hydrogen (secondary N) is 2. The summed E-state index contributed by atoms with van der Waals surface area (Å²) in [5.41, 5.74) is 8.01. The van der Waals surface area contributed by atoms with E-state index in [1.54, 1.807) is 11.3 Å². The standard InChI is InChI=1S/C18H26N4OS/c1-6-8-9-15(23)20-16-11(3)10-14-17(13(16)5)24-18(19-14)22-21-12(4)7-2/h10H,6-9H2,1-5H3,(H,19,22)(H,20,23)/b21-12-. The van der Waals surface area contributed by atoms with Gasteiger partial charge in [-0.15, -0.1) is 0 Å². The van der Waals surface area contributed by atoms with Gasteiger partial charge in [-0.25, -0.2) is 4.98 Å². The molecule has 1 aromatic carbocycles. The van der Waals surface area contributed by atoms with E-state index in [4.69, 9.17) is 0 Å². The second kappa shape index (κ2) is 8.24. The zero-order chi connectivity index (χ0) is 17.7. The Hall–Kier alpha value is -1.95. The van der Waals surface area contributed by atoms with Crippen molar-refractivity contribution in [3.8, 4) is 0 Å². The fourth-order valence-electron chi connectivity index (χ4n) is 2.39. The number of amides is 1. The molecule has 0 bridgehead atoms. The molecule has 0 aliphatic heterocycles. The number of unbranched alkanes of at least 4 members (excludes halogenated alkanes) is 1. The van der Waals surface area contributed by atoms with Crippen LogP contribution in [0.1, 0.15) is 57.6 Å². The van der Waals surface area contributed by atoms with Crippen molar-refractivity contribution in [1.82, 2.24) is 4.98 Å². The number of thiazole rings is 1. The average molecular weight is 347 g/mol. The van der Waals surface area contributed by atoms with Gasteiger partial charge in [-0.3, -0.25) is 10.2 Å². The van der Waals surface area contributed by atoms with Crippen LogP contribution in [0.15, 0.2) is 11.2 Å². The Bertz CT molecular complexity index is 764. The molecule has 24 heavy (non-hydrogen) atoms. The van der Waals surface area contributed by atoms with Gasteiger partial charge in [-0.05, 0) is 50.8 Å². The Balaban J connectivity index is 2.29. The van der Waals surface area contributed by atoms with E-state index in [2.05, 4.69) is 34.7 Å². The normalized spacial score (nSPS) is 11.8. The van der Waals surface area contributed by atoms with Crippen molar-refractivity contribution in [2.24, 2.45) is 5.10 Å². The monoisotopic (exact) mass is 346 g/mol. The van der Waals surface area contributed by atoms with Crippen LogP contribution in [0.2, 0.25) is 0 Å². The molecule has 0 aliphatic carbocycles. The fourth-order valence-corrected chi connectivity index (χ4v) is 3.28. The molecule has 0 atom stereocenters. The van der Waals surface area contributed by atoms with E-state index >= 15 is 0 Å². The first kappa shape index (κ1) is 18.4. The number of rotatable bonds is 7. The highest BCUT2D eigenvalue weighted by molar-refractivity contribution is 7.22. The Morgan fingerprint density at radius 3 is 2.75 bits per heavy atom. The van der Waals surface area contributed by atoms with Gasteiger partial charge in [-0.1, -0.05) is 31.6 Å². The third-order valence-electron chi connectivity index (χ3n) is 3.99. The van der Waals surface area contributed by atoms with E-state index in [-0.39, 0.29) is 5.91 Å². The van der Waals surface area contributed by atoms with Crippen LogP contribution in [0, 0.1) is 13.8 Å². The quantitative estimate of drug-likeness (QED) is 0.532. The smallest absolute Gasteiger partial charge is 0.224 e. The predicted octanol–water partition coefficient (Wildman–Crippen LogP) is 5.24. The second-order valence-corrected chi connectivity index (χ2v) is 7.02. The van der Waals surface area contributed by atoms with Gasteiger partial charge in [0.05, 0.1) is 10.2 Å². The summed E-state index contributed by atoms with van der Waals surface area (Å²) < 4.78 is 1.08. The summed E-state index contributed by atoms with van der Waals surface area (Å²) in [5, 5.41) is 8.15. The number of fused-ring (bicyclic) bond motifs is 1. The van der Waals surface area contributed by atoms with Gasteiger partial charge in [0.15, 0.2) is 0 Å². The topological polar surface area (TPSA) is 66.4 Å². The summed E-state index contributed by atoms with van der Waals surface area (Å²) in [4.78, 5) is 16.7. The first-order chi connectivity index (χ1) is 11.5. The third kappa shape index (κ3) is 4.32. The first-order valence-electron chi connectivity index (χ1n) is 8.46. The summed E-state index contributed by atoms with van der Waals surface area (Å²) in [5.74, 6) is 0.0773. The van der Waals surface area contributed by atoms with Crippen LogP contribution in [-0.2, 0) is 4.79 Å². The third-order valence-corrected chi connectivity index (χ3v) is 5.09. The van der Waals surface area contributed by atoms with E-state index in [0.717, 1.165) is 57.1 Å². The molecule has 0 radical (unpaired) electrons. The van der Waals surface area contributed by atoms with Crippen LogP contribution < -0.4 is 10.7 Å². The average Bonchev–Trinajstić information content (AvgIpc) is 2.97. The molecule has 6 heteroatoms. The summed E-state index contributed by atoms with van der Waals surface area (Å²) in [7, 11) is 0. The predicted molar refractivity (Wildman–Crippen MR) is 104 cm³/mol. The highest BCUT2D eigenvalue weighted by Crippen LogP contribution is 2.35. The maximum atomic E-state index is 12.1. The highest BCUT2D eigenvalue weighted by Gasteiger charge is 2.14. The molecule has 2 rings (SSSR count). The van der Waals surface area contributed by atoms with Crippen LogP contribution in [0.25, 0.3) is 10.2 Å². The Morgan fingerprint density at radius 1 is 1.33 bits per heavy atom. The molecule has 0 aliphatic rings. The van der Waals surface area contributed by atoms with Crippen molar-refractivity contribution in [3.05, 3.63) is 17.2 Å². The van der Waals surface area contributed by atoms with Crippen molar-refractivity contribution in [3.63, 3.8) is 0 Å². The molecule has 2 N–H and O–H groups in total. The molecule has 0 spiro atoms. The lowest BCUT2D eigenvalue weighted by atomic mass is 10.1. The van der Waals surface area contributed by atoms with Crippen LogP contribution in [0.5, 0.6) is 0 Å². The molecule has 0 saturated carbocycles. The van der Waals surface area contributed by atoms with E-state index in [1.807, 2.05) is 26.8 Å². The highest BCUT2D eigenvalue weighted by atomic mass is 32.1. The lowest BCUT2D eigenvalue weighted by Crippen LogP contribution is -2.13. The Kier molecular flexibility index (Phi) is 6.31. The minimum atomic E-state index is 0.0773. The summed E-state index contributed by atoms with van der Waals surface area (Å²) in [6.45, 7) is 10.2. The van der Waals surface area contributed by atoms with Crippen molar-refractivity contribution in [1.29, 1.82) is 0 Å². The Labute approximate surface area is 147 Å². The maximum Gasteiger partial charge on any atom is 0.224 e. The number of hydrazone groups is 1. The molecular weight excluding hydrogens is 320 g/mol. The minimum Gasteiger partial charge on any atom is -0.326 e. The molecular formula is C18H26N4OS. The van der Waals surface area contributed by atoms with Crippen LogP contribution in [-0.4, -0.2) is 16.6 Å². The van der Waals surface area contributed by atoms with E-state index < -0.39 is 0 Å². The Morgan fingerprint density at radius 2 is 2.08 bits per heavy atom. The lowest BCUT2D eigenvalue weighted by molar-refractivity contribution is -0.116. The number of benzene rings is 1. The lowest BCUT2D eigenvalue weighted by Gasteiger charge is -2.12. The van der Waals surface area contributed by atoms with Crippen molar-refractivity contribution in [2.45, 2.75) is 60.3 Å². The molecule has 0 fully saturated rings. The molecule has 1 heterocycles. The summed E-state index contributed by atoms with van der Waals surface area (Å²) in [6, 6.07) is 2.02. The molecule has 0 saturated heterocycles. The zero-order valence-corrected chi connectivity index (χ0v) is 15.9. The number of hydrogen-bond acceptors (Lipinski definition) is 5. The SMILES string of the molecule is CCCCC(=O)Nc1c(C)cc2nc(N/N=C(/C)CC)sc2c1C. The molecule has 1 amide bonds. The maximum absolute atomic E-state index is 12.1. The van der Waals surface area contributed by atoms with Gasteiger partial charge in [0.2, 0.25) is 11.0 Å². The van der Waals surface area contributed by atoms with Gasteiger partial charge >= 0.3 is 0 Å². The molecule has 1 aromatic heterocycles. The van der Waals surface area contributed by atoms with Crippen molar-refractivity contribution in [2.75, 3.05) is 10.7 Å². The van der Waals surface area contributed by atoms with Crippen LogP contribution in [0.3, 0.4) is 0 Å². The molecule has 0 unspecified atom stereocenters. The largest absolute Gasteiger partial charge is 0.326 e. The summed E-state index contributed by atoms with van der Waals surface area (Å²) >= 11 is 1.56. The summed E-state index contributed by atoms with van der Waals surface area (Å²) in [6.07, 6.45) is 3.40. The molecule has 5 nitrogen and oxygen atoms in total. The number of anilines is 2. The van der Waals surface area contributed by atoms with E-state index in [0.29, 0.717) is 6.42 Å². The number of hydrogen-bond donors (Lipinski definition) is 2. The van der Waals surface area contributed by atoms with Crippen molar-refractivity contribution >= 4 is 44.0 Å². The number of aromatic nitrogens is 1. The number of aryl methyl sites for hydroxylation is 2. The zero-order valence-electron chi connectivity index (χ0n) is 15.1. The first-order valence-corrected chi connectivity index (χ1v) is 9.27. The number of carbonyl (C=O) groups is 1. The van der Waals surface area contributed by atoms with Gasteiger partial charge in [-0.2, -0.15) is 5.10 Å². The van der Waals surface area contributed by atoms with Gasteiger partial charge < -0.3 is 5.32 Å². The van der Waals surface area contributed by atoms with Crippen LogP contribution in [0.4, 0.5) is 10.8 Å². The van der Waals surface area contributed by atoms with E-state index in [9.17, 15) is 4.79 Å². The van der Waals surface area contributed by atoms with Gasteiger partial charge in [0, 0.05) is 17.8 Å². The molecule has 2 aromatic rings. The fraction of sp³-hybridized carbons (Fsp3) is 0.500. The number of nitrogens with zero attached hydrogens (tertiary/aromatic N) is 2. The van der Waals surface area contributed by atoms with Gasteiger partial charge in [0.1, 0.15) is 0 Å². The van der Waals surface area contributed by atoms with Crippen LogP contribution >= 0.6 is 11.3 Å². The molecule has 130 valence electrons. The van der Waals surface area contributed by atoms with Gasteiger partial charge in [0.25, 0.3) is 0 Å². The minimum absolute atomic E-state index is 0.0773. The number of carbonyl (C=O) groups excluding carboxylic acids is 1.